The molecule has 1 aliphatic carbocycles. The van der Waals surface area contributed by atoms with Crippen LogP contribution >= 0.6 is 39.1 Å². The minimum atomic E-state index is -3.65. The molecule has 21 heavy (non-hydrogen) atoms. The van der Waals surface area contributed by atoms with Crippen molar-refractivity contribution in [1.29, 1.82) is 0 Å². The van der Waals surface area contributed by atoms with Gasteiger partial charge in [-0.15, -0.1) is 0 Å². The third-order valence-electron chi connectivity index (χ3n) is 3.90. The Morgan fingerprint density at radius 1 is 1.05 bits per heavy atom. The zero-order chi connectivity index (χ0) is 15.2. The number of piperazine rings is 1. The van der Waals surface area contributed by atoms with Gasteiger partial charge < -0.3 is 0 Å². The molecule has 0 radical (unpaired) electrons. The maximum Gasteiger partial charge on any atom is 0.246 e. The van der Waals surface area contributed by atoms with E-state index >= 15 is 0 Å². The Morgan fingerprint density at radius 3 is 2.05 bits per heavy atom. The Labute approximate surface area is 143 Å². The van der Waals surface area contributed by atoms with Crippen LogP contribution in [0, 0.1) is 0 Å². The van der Waals surface area contributed by atoms with Crippen LogP contribution in [-0.4, -0.2) is 49.8 Å². The lowest BCUT2D eigenvalue weighted by atomic mass is 10.3. The summed E-state index contributed by atoms with van der Waals surface area (Å²) >= 11 is 15.5. The maximum atomic E-state index is 12.8. The van der Waals surface area contributed by atoms with E-state index in [1.54, 1.807) is 12.1 Å². The number of nitrogens with zero attached hydrogens (tertiary/aromatic N) is 2. The lowest BCUT2D eigenvalue weighted by Crippen LogP contribution is -2.49. The first kappa shape index (κ1) is 16.0. The lowest BCUT2D eigenvalue weighted by Gasteiger charge is -2.34. The molecule has 0 atom stereocenters. The number of sulfonamides is 1. The molecule has 1 aromatic rings. The van der Waals surface area contributed by atoms with Crippen molar-refractivity contribution in [2.75, 3.05) is 26.2 Å². The topological polar surface area (TPSA) is 40.6 Å². The summed E-state index contributed by atoms with van der Waals surface area (Å²) in [4.78, 5) is 2.37. The number of benzene rings is 1. The van der Waals surface area contributed by atoms with Crippen molar-refractivity contribution in [2.45, 2.75) is 23.8 Å². The first-order valence-electron chi connectivity index (χ1n) is 6.78. The Kier molecular flexibility index (Phi) is 4.56. The van der Waals surface area contributed by atoms with E-state index in [2.05, 4.69) is 20.8 Å². The van der Waals surface area contributed by atoms with Gasteiger partial charge in [0.05, 0.1) is 10.0 Å². The molecule has 0 amide bonds. The molecule has 0 unspecified atom stereocenters. The van der Waals surface area contributed by atoms with Crippen molar-refractivity contribution in [3.63, 3.8) is 0 Å². The van der Waals surface area contributed by atoms with Crippen LogP contribution in [0.1, 0.15) is 12.8 Å². The van der Waals surface area contributed by atoms with Crippen molar-refractivity contribution in [1.82, 2.24) is 9.21 Å². The maximum absolute atomic E-state index is 12.8. The van der Waals surface area contributed by atoms with Crippen molar-refractivity contribution < 1.29 is 8.42 Å². The van der Waals surface area contributed by atoms with E-state index in [9.17, 15) is 8.42 Å². The second kappa shape index (κ2) is 5.98. The van der Waals surface area contributed by atoms with Gasteiger partial charge in [-0.3, -0.25) is 4.90 Å². The van der Waals surface area contributed by atoms with Crippen LogP contribution < -0.4 is 0 Å². The summed E-state index contributed by atoms with van der Waals surface area (Å²) in [6.07, 6.45) is 2.47. The van der Waals surface area contributed by atoms with Gasteiger partial charge in [0, 0.05) is 36.7 Å². The first-order valence-corrected chi connectivity index (χ1v) is 9.77. The third-order valence-corrected chi connectivity index (χ3v) is 7.18. The number of halogens is 3. The van der Waals surface area contributed by atoms with Gasteiger partial charge in [0.1, 0.15) is 4.90 Å². The Bertz CT molecular complexity index is 633. The van der Waals surface area contributed by atoms with Crippen LogP contribution in [0.4, 0.5) is 0 Å². The standard InChI is InChI=1S/C13H15BrCl2N2O2S/c14-9-7-11(15)13(12(16)8-9)21(19,20)18-5-3-17(4-6-18)10-1-2-10/h7-8,10H,1-6H2. The fourth-order valence-electron chi connectivity index (χ4n) is 2.65. The number of rotatable bonds is 3. The Balaban J connectivity index is 1.84. The molecule has 0 aromatic heterocycles. The Morgan fingerprint density at radius 2 is 1.57 bits per heavy atom. The predicted octanol–water partition coefficient (Wildman–Crippen LogP) is 3.22. The highest BCUT2D eigenvalue weighted by molar-refractivity contribution is 9.10. The van der Waals surface area contributed by atoms with Gasteiger partial charge in [0.2, 0.25) is 10.0 Å². The molecule has 0 bridgehead atoms. The summed E-state index contributed by atoms with van der Waals surface area (Å²) in [5.74, 6) is 0. The molecule has 1 aromatic carbocycles. The van der Waals surface area contributed by atoms with E-state index in [1.165, 1.54) is 17.1 Å². The van der Waals surface area contributed by atoms with Crippen LogP contribution in [0.15, 0.2) is 21.5 Å². The van der Waals surface area contributed by atoms with Crippen LogP contribution in [0.3, 0.4) is 0 Å². The summed E-state index contributed by atoms with van der Waals surface area (Å²) < 4.78 is 27.7. The van der Waals surface area contributed by atoms with Crippen molar-refractivity contribution >= 4 is 49.2 Å². The average Bonchev–Trinajstić information content (AvgIpc) is 3.21. The smallest absolute Gasteiger partial charge is 0.246 e. The molecule has 0 spiro atoms. The SMILES string of the molecule is O=S(=O)(c1c(Cl)cc(Br)cc1Cl)N1CCN(C2CC2)CC1. The normalized spacial score (nSPS) is 21.7. The van der Waals surface area contributed by atoms with Crippen LogP contribution in [-0.2, 0) is 10.0 Å². The molecular formula is C13H15BrCl2N2O2S. The van der Waals surface area contributed by atoms with Gasteiger partial charge in [-0.05, 0) is 25.0 Å². The van der Waals surface area contributed by atoms with E-state index in [0.29, 0.717) is 23.6 Å². The molecule has 2 aliphatic rings. The molecular weight excluding hydrogens is 399 g/mol. The fourth-order valence-corrected chi connectivity index (χ4v) is 5.96. The second-order valence-corrected chi connectivity index (χ2v) is 8.97. The number of hydrogen-bond acceptors (Lipinski definition) is 3. The van der Waals surface area contributed by atoms with Gasteiger partial charge >= 0.3 is 0 Å². The highest BCUT2D eigenvalue weighted by Gasteiger charge is 2.36. The second-order valence-electron chi connectivity index (χ2n) is 5.37. The molecule has 0 N–H and O–H groups in total. The molecule has 1 saturated carbocycles. The van der Waals surface area contributed by atoms with Crippen molar-refractivity contribution in [3.8, 4) is 0 Å². The lowest BCUT2D eigenvalue weighted by molar-refractivity contribution is 0.180. The summed E-state index contributed by atoms with van der Waals surface area (Å²) in [7, 11) is -3.65. The average molecular weight is 414 g/mol. The largest absolute Gasteiger partial charge is 0.298 e. The summed E-state index contributed by atoms with van der Waals surface area (Å²) in [6, 6.07) is 3.77. The van der Waals surface area contributed by atoms with Gasteiger partial charge in [0.25, 0.3) is 0 Å². The molecule has 4 nitrogen and oxygen atoms in total. The summed E-state index contributed by atoms with van der Waals surface area (Å²) in [5, 5.41) is 0.304. The highest BCUT2D eigenvalue weighted by atomic mass is 79.9. The third kappa shape index (κ3) is 3.26. The molecule has 8 heteroatoms. The van der Waals surface area contributed by atoms with Crippen LogP contribution in [0.25, 0.3) is 0 Å². The molecule has 116 valence electrons. The quantitative estimate of drug-likeness (QED) is 0.763. The number of hydrogen-bond donors (Lipinski definition) is 0. The minimum Gasteiger partial charge on any atom is -0.298 e. The van der Waals surface area contributed by atoms with Gasteiger partial charge in [-0.1, -0.05) is 39.1 Å². The Hall–Kier alpha value is 0.150. The zero-order valence-corrected chi connectivity index (χ0v) is 15.1. The van der Waals surface area contributed by atoms with Crippen molar-refractivity contribution in [2.24, 2.45) is 0 Å². The monoisotopic (exact) mass is 412 g/mol. The van der Waals surface area contributed by atoms with E-state index in [-0.39, 0.29) is 14.9 Å². The summed E-state index contributed by atoms with van der Waals surface area (Å²) in [5.41, 5.74) is 0. The van der Waals surface area contributed by atoms with Gasteiger partial charge in [-0.25, -0.2) is 8.42 Å². The molecule has 1 aliphatic heterocycles. The van der Waals surface area contributed by atoms with Gasteiger partial charge in [-0.2, -0.15) is 4.31 Å². The van der Waals surface area contributed by atoms with E-state index < -0.39 is 10.0 Å². The zero-order valence-electron chi connectivity index (χ0n) is 11.2. The van der Waals surface area contributed by atoms with E-state index in [0.717, 1.165) is 13.1 Å². The highest BCUT2D eigenvalue weighted by Crippen LogP contribution is 2.35. The molecule has 1 saturated heterocycles. The minimum absolute atomic E-state index is 0.00825. The molecule has 3 rings (SSSR count). The fraction of sp³-hybridized carbons (Fsp3) is 0.538. The van der Waals surface area contributed by atoms with Gasteiger partial charge in [0.15, 0.2) is 0 Å². The summed E-state index contributed by atoms with van der Waals surface area (Å²) in [6.45, 7) is 2.52. The predicted molar refractivity (Wildman–Crippen MR) is 87.5 cm³/mol. The van der Waals surface area contributed by atoms with E-state index in [1.807, 2.05) is 0 Å². The van der Waals surface area contributed by atoms with E-state index in [4.69, 9.17) is 23.2 Å². The first-order chi connectivity index (χ1) is 9.89. The molecule has 1 heterocycles. The van der Waals surface area contributed by atoms with Crippen LogP contribution in [0.5, 0.6) is 0 Å². The van der Waals surface area contributed by atoms with Crippen LogP contribution in [0.2, 0.25) is 10.0 Å². The van der Waals surface area contributed by atoms with Crippen molar-refractivity contribution in [3.05, 3.63) is 26.7 Å². The molecule has 2 fully saturated rings.